The number of aliphatic carboxylic acids is 1. The number of hydrogen-bond acceptors (Lipinski definition) is 7. The molecule has 0 radical (unpaired) electrons. The summed E-state index contributed by atoms with van der Waals surface area (Å²) >= 11 is 0. The van der Waals surface area contributed by atoms with Crippen LogP contribution in [0, 0.1) is 5.92 Å². The number of aliphatic hydroxyl groups excluding tert-OH is 1. The van der Waals surface area contributed by atoms with Crippen molar-refractivity contribution in [3.63, 3.8) is 0 Å². The highest BCUT2D eigenvalue weighted by Gasteiger charge is 2.27. The first-order chi connectivity index (χ1) is 10.9. The van der Waals surface area contributed by atoms with E-state index in [1.807, 2.05) is 0 Å². The number of carboxylic acid groups (broad SMARTS) is 1. The van der Waals surface area contributed by atoms with Crippen LogP contribution in [0.2, 0.25) is 0 Å². The number of aliphatic hydroxyl groups is 2. The molecule has 0 spiro atoms. The van der Waals surface area contributed by atoms with Crippen LogP contribution in [0.3, 0.4) is 0 Å². The van der Waals surface area contributed by atoms with E-state index in [4.69, 9.17) is 19.0 Å². The summed E-state index contributed by atoms with van der Waals surface area (Å²) in [6.07, 6.45) is -2.35. The summed E-state index contributed by atoms with van der Waals surface area (Å²) in [5.74, 6) is -2.18. The molecule has 0 saturated carbocycles. The highest BCUT2D eigenvalue weighted by atomic mass is 16.5. The van der Waals surface area contributed by atoms with Crippen molar-refractivity contribution in [1.82, 2.24) is 0 Å². The second-order valence-electron chi connectivity index (χ2n) is 4.86. The molecule has 1 heterocycles. The number of carboxylic acids is 1. The van der Waals surface area contributed by atoms with E-state index in [2.05, 4.69) is 0 Å². The van der Waals surface area contributed by atoms with Crippen molar-refractivity contribution in [3.8, 4) is 11.5 Å². The molecule has 2 aromatic rings. The zero-order valence-electron chi connectivity index (χ0n) is 12.5. The molecule has 0 fully saturated rings. The molecule has 124 valence electrons. The summed E-state index contributed by atoms with van der Waals surface area (Å²) in [5.41, 5.74) is -0.268. The van der Waals surface area contributed by atoms with E-state index in [0.717, 1.165) is 6.07 Å². The van der Waals surface area contributed by atoms with Crippen molar-refractivity contribution in [2.24, 2.45) is 5.92 Å². The molecule has 2 rings (SSSR count). The third kappa shape index (κ3) is 3.43. The van der Waals surface area contributed by atoms with Crippen LogP contribution in [0.25, 0.3) is 11.0 Å². The topological polar surface area (TPSA) is 126 Å². The first-order valence-corrected chi connectivity index (χ1v) is 6.65. The Balaban J connectivity index is 2.67. The lowest BCUT2D eigenvalue weighted by atomic mass is 9.96. The fraction of sp³-hybridized carbons (Fsp3) is 0.333. The molecular formula is C15H16O8. The first kappa shape index (κ1) is 16.8. The normalized spacial score (nSPS) is 12.4. The van der Waals surface area contributed by atoms with Crippen LogP contribution in [-0.4, -0.2) is 41.8 Å². The fourth-order valence-corrected chi connectivity index (χ4v) is 2.31. The van der Waals surface area contributed by atoms with Crippen LogP contribution >= 0.6 is 0 Å². The van der Waals surface area contributed by atoms with E-state index in [-0.39, 0.29) is 17.6 Å². The molecule has 1 atom stereocenters. The number of hydrogen-bond donors (Lipinski definition) is 3. The van der Waals surface area contributed by atoms with Gasteiger partial charge in [-0.25, -0.2) is 4.79 Å². The first-order valence-electron chi connectivity index (χ1n) is 6.65. The van der Waals surface area contributed by atoms with Crippen LogP contribution in [0.15, 0.2) is 27.4 Å². The van der Waals surface area contributed by atoms with Crippen LogP contribution in [0.4, 0.5) is 0 Å². The van der Waals surface area contributed by atoms with Gasteiger partial charge in [0.05, 0.1) is 19.6 Å². The molecule has 1 aromatic carbocycles. The standard InChI is InChI=1S/C15H16O8/c1-21-8-5-10(22-2)13-7(3-9(14(17)18)15(19)20)4-12(16)23-11(13)6-8/h4-6,9,14,17-18H,3H2,1-2H3,(H,19,20). The van der Waals surface area contributed by atoms with Gasteiger partial charge in [0.25, 0.3) is 0 Å². The molecular weight excluding hydrogens is 308 g/mol. The number of rotatable bonds is 6. The maximum atomic E-state index is 11.7. The highest BCUT2D eigenvalue weighted by Crippen LogP contribution is 2.34. The molecule has 0 aliphatic rings. The van der Waals surface area contributed by atoms with Gasteiger partial charge in [0.1, 0.15) is 23.0 Å². The van der Waals surface area contributed by atoms with Crippen LogP contribution < -0.4 is 15.1 Å². The van der Waals surface area contributed by atoms with Crippen LogP contribution in [0.1, 0.15) is 5.56 Å². The monoisotopic (exact) mass is 324 g/mol. The Bertz CT molecular complexity index is 777. The lowest BCUT2D eigenvalue weighted by molar-refractivity contribution is -0.158. The summed E-state index contributed by atoms with van der Waals surface area (Å²) < 4.78 is 15.4. The summed E-state index contributed by atoms with van der Waals surface area (Å²) in [6, 6.07) is 4.13. The molecule has 23 heavy (non-hydrogen) atoms. The number of fused-ring (bicyclic) bond motifs is 1. The largest absolute Gasteiger partial charge is 0.496 e. The molecule has 0 bridgehead atoms. The number of methoxy groups -OCH3 is 2. The summed E-state index contributed by atoms with van der Waals surface area (Å²) in [6.45, 7) is 0. The molecule has 3 N–H and O–H groups in total. The van der Waals surface area contributed by atoms with Crippen molar-refractivity contribution in [1.29, 1.82) is 0 Å². The van der Waals surface area contributed by atoms with E-state index in [1.165, 1.54) is 20.3 Å². The zero-order chi connectivity index (χ0) is 17.1. The van der Waals surface area contributed by atoms with Crippen molar-refractivity contribution in [3.05, 3.63) is 34.2 Å². The quantitative estimate of drug-likeness (QED) is 0.514. The molecule has 0 saturated heterocycles. The van der Waals surface area contributed by atoms with Gasteiger partial charge in [-0.1, -0.05) is 0 Å². The van der Waals surface area contributed by atoms with Crippen molar-refractivity contribution >= 4 is 16.9 Å². The third-order valence-electron chi connectivity index (χ3n) is 3.44. The second kappa shape index (κ2) is 6.67. The van der Waals surface area contributed by atoms with Gasteiger partial charge in [-0.05, 0) is 12.0 Å². The second-order valence-corrected chi connectivity index (χ2v) is 4.86. The zero-order valence-corrected chi connectivity index (χ0v) is 12.5. The Labute approximate surface area is 130 Å². The lowest BCUT2D eigenvalue weighted by Gasteiger charge is -2.16. The average Bonchev–Trinajstić information content (AvgIpc) is 2.49. The van der Waals surface area contributed by atoms with Gasteiger partial charge < -0.3 is 29.2 Å². The van der Waals surface area contributed by atoms with Crippen molar-refractivity contribution in [2.45, 2.75) is 12.7 Å². The van der Waals surface area contributed by atoms with Crippen molar-refractivity contribution < 1.29 is 34.0 Å². The predicted octanol–water partition coefficient (Wildman–Crippen LogP) is 0.364. The van der Waals surface area contributed by atoms with Gasteiger partial charge in [0.15, 0.2) is 6.29 Å². The number of ether oxygens (including phenoxy) is 2. The van der Waals surface area contributed by atoms with E-state index < -0.39 is 23.8 Å². The van der Waals surface area contributed by atoms with Gasteiger partial charge >= 0.3 is 11.6 Å². The molecule has 8 nitrogen and oxygen atoms in total. The summed E-state index contributed by atoms with van der Waals surface area (Å²) in [4.78, 5) is 22.9. The summed E-state index contributed by atoms with van der Waals surface area (Å²) in [5, 5.41) is 27.9. The van der Waals surface area contributed by atoms with Crippen LogP contribution in [0.5, 0.6) is 11.5 Å². The molecule has 1 unspecified atom stereocenters. The highest BCUT2D eigenvalue weighted by molar-refractivity contribution is 5.88. The number of carbonyl (C=O) groups is 1. The van der Waals surface area contributed by atoms with Gasteiger partial charge in [-0.2, -0.15) is 0 Å². The summed E-state index contributed by atoms with van der Waals surface area (Å²) in [7, 11) is 2.84. The smallest absolute Gasteiger partial charge is 0.336 e. The SMILES string of the molecule is COc1cc(OC)c2c(CC(C(=O)O)C(O)O)cc(=O)oc2c1. The third-order valence-corrected chi connectivity index (χ3v) is 3.44. The fourth-order valence-electron chi connectivity index (χ4n) is 2.31. The molecule has 0 aliphatic heterocycles. The Morgan fingerprint density at radius 3 is 2.43 bits per heavy atom. The minimum atomic E-state index is -2.07. The Hall–Kier alpha value is -2.58. The maximum Gasteiger partial charge on any atom is 0.336 e. The van der Waals surface area contributed by atoms with Gasteiger partial charge in [-0.3, -0.25) is 4.79 Å². The van der Waals surface area contributed by atoms with Gasteiger partial charge in [-0.15, -0.1) is 0 Å². The predicted molar refractivity (Wildman–Crippen MR) is 78.6 cm³/mol. The molecule has 0 aliphatic carbocycles. The Morgan fingerprint density at radius 1 is 1.22 bits per heavy atom. The van der Waals surface area contributed by atoms with E-state index in [0.29, 0.717) is 16.9 Å². The molecule has 0 amide bonds. The molecule has 1 aromatic heterocycles. The van der Waals surface area contributed by atoms with E-state index >= 15 is 0 Å². The van der Waals surface area contributed by atoms with Crippen LogP contribution in [-0.2, 0) is 11.2 Å². The minimum absolute atomic E-state index is 0.153. The van der Waals surface area contributed by atoms with Gasteiger partial charge in [0, 0.05) is 18.2 Å². The van der Waals surface area contributed by atoms with Gasteiger partial charge in [0.2, 0.25) is 0 Å². The Morgan fingerprint density at radius 2 is 1.91 bits per heavy atom. The average molecular weight is 324 g/mol. The van der Waals surface area contributed by atoms with Crippen molar-refractivity contribution in [2.75, 3.05) is 14.2 Å². The van der Waals surface area contributed by atoms with E-state index in [9.17, 15) is 19.8 Å². The minimum Gasteiger partial charge on any atom is -0.496 e. The maximum absolute atomic E-state index is 11.7. The molecule has 8 heteroatoms. The lowest BCUT2D eigenvalue weighted by Crippen LogP contribution is -2.30. The van der Waals surface area contributed by atoms with E-state index in [1.54, 1.807) is 6.07 Å². The Kier molecular flexibility index (Phi) is 4.87. The number of benzene rings is 1.